The largest absolute Gasteiger partial charge is 0.271 e. The molecule has 0 bridgehead atoms. The van der Waals surface area contributed by atoms with Gasteiger partial charge in [-0.3, -0.25) is 11.3 Å². The first-order chi connectivity index (χ1) is 9.29. The molecule has 0 spiro atoms. The Morgan fingerprint density at radius 2 is 1.95 bits per heavy atom. The lowest BCUT2D eigenvalue weighted by atomic mass is 9.75. The molecular formula is C17H26N2. The Morgan fingerprint density at radius 1 is 1.16 bits per heavy atom. The molecule has 0 aliphatic heterocycles. The number of hydrazine groups is 1. The Balaban J connectivity index is 1.86. The van der Waals surface area contributed by atoms with E-state index in [0.29, 0.717) is 12.0 Å². The third-order valence-electron chi connectivity index (χ3n) is 5.26. The summed E-state index contributed by atoms with van der Waals surface area (Å²) in [5.74, 6) is 8.26. The predicted octanol–water partition coefficient (Wildman–Crippen LogP) is 3.89. The second-order valence-corrected chi connectivity index (χ2v) is 6.58. The molecule has 2 aliphatic carbocycles. The lowest BCUT2D eigenvalue weighted by molar-refractivity contribution is 0.352. The molecule has 19 heavy (non-hydrogen) atoms. The van der Waals surface area contributed by atoms with Crippen molar-refractivity contribution >= 4 is 0 Å². The van der Waals surface area contributed by atoms with Gasteiger partial charge in [0.15, 0.2) is 0 Å². The van der Waals surface area contributed by atoms with Crippen LogP contribution >= 0.6 is 0 Å². The maximum atomic E-state index is 5.91. The molecular weight excluding hydrogens is 232 g/mol. The van der Waals surface area contributed by atoms with Crippen LogP contribution in [0.5, 0.6) is 0 Å². The predicted molar refractivity (Wildman–Crippen MR) is 79.6 cm³/mol. The molecule has 2 heteroatoms. The van der Waals surface area contributed by atoms with Crippen molar-refractivity contribution in [1.29, 1.82) is 0 Å². The van der Waals surface area contributed by atoms with Crippen molar-refractivity contribution in [2.24, 2.45) is 17.7 Å². The molecule has 0 saturated heterocycles. The third-order valence-corrected chi connectivity index (χ3v) is 5.26. The van der Waals surface area contributed by atoms with E-state index < -0.39 is 0 Å². The number of rotatable bonds is 4. The summed E-state index contributed by atoms with van der Waals surface area (Å²) in [6.45, 7) is 2.37. The minimum Gasteiger partial charge on any atom is -0.271 e. The van der Waals surface area contributed by atoms with Crippen LogP contribution in [0.3, 0.4) is 0 Å². The van der Waals surface area contributed by atoms with Crippen molar-refractivity contribution < 1.29 is 0 Å². The third kappa shape index (κ3) is 2.56. The maximum Gasteiger partial charge on any atom is 0.0491 e. The van der Waals surface area contributed by atoms with Gasteiger partial charge in [-0.1, -0.05) is 44.0 Å². The highest BCUT2D eigenvalue weighted by Crippen LogP contribution is 2.44. The van der Waals surface area contributed by atoms with Crippen LogP contribution in [-0.4, -0.2) is 0 Å². The van der Waals surface area contributed by atoms with Gasteiger partial charge in [0, 0.05) is 6.04 Å². The Kier molecular flexibility index (Phi) is 3.90. The summed E-state index contributed by atoms with van der Waals surface area (Å²) in [4.78, 5) is 0. The lowest BCUT2D eigenvalue weighted by Crippen LogP contribution is -2.34. The van der Waals surface area contributed by atoms with Crippen LogP contribution < -0.4 is 11.3 Å². The summed E-state index contributed by atoms with van der Waals surface area (Å²) in [6, 6.07) is 9.31. The molecule has 104 valence electrons. The van der Waals surface area contributed by atoms with Crippen LogP contribution in [0.1, 0.15) is 68.5 Å². The van der Waals surface area contributed by atoms with E-state index in [1.165, 1.54) is 44.1 Å². The fraction of sp³-hybridized carbons (Fsp3) is 0.647. The van der Waals surface area contributed by atoms with Crippen LogP contribution in [0.25, 0.3) is 0 Å². The Morgan fingerprint density at radius 3 is 2.53 bits per heavy atom. The highest BCUT2D eigenvalue weighted by molar-refractivity contribution is 5.34. The molecule has 3 atom stereocenters. The van der Waals surface area contributed by atoms with E-state index in [9.17, 15) is 0 Å². The summed E-state index contributed by atoms with van der Waals surface area (Å²) in [5.41, 5.74) is 6.14. The first-order valence-corrected chi connectivity index (χ1v) is 7.84. The van der Waals surface area contributed by atoms with Gasteiger partial charge in [0.2, 0.25) is 0 Å². The van der Waals surface area contributed by atoms with Gasteiger partial charge in [-0.25, -0.2) is 0 Å². The first kappa shape index (κ1) is 13.1. The quantitative estimate of drug-likeness (QED) is 0.635. The van der Waals surface area contributed by atoms with Gasteiger partial charge in [-0.2, -0.15) is 0 Å². The van der Waals surface area contributed by atoms with Crippen molar-refractivity contribution in [3.8, 4) is 0 Å². The smallest absolute Gasteiger partial charge is 0.0491 e. The van der Waals surface area contributed by atoms with E-state index >= 15 is 0 Å². The zero-order chi connectivity index (χ0) is 13.2. The van der Waals surface area contributed by atoms with E-state index in [2.05, 4.69) is 36.6 Å². The molecule has 3 unspecified atom stereocenters. The molecule has 2 aliphatic rings. The van der Waals surface area contributed by atoms with Crippen molar-refractivity contribution in [2.75, 3.05) is 0 Å². The minimum absolute atomic E-state index is 0.349. The lowest BCUT2D eigenvalue weighted by Gasteiger charge is -2.32. The number of hydrogen-bond acceptors (Lipinski definition) is 2. The van der Waals surface area contributed by atoms with Crippen molar-refractivity contribution in [3.63, 3.8) is 0 Å². The molecule has 0 heterocycles. The second-order valence-electron chi connectivity index (χ2n) is 6.58. The Bertz CT molecular complexity index is 425. The summed E-state index contributed by atoms with van der Waals surface area (Å²) in [5, 5.41) is 0. The molecule has 3 rings (SSSR count). The van der Waals surface area contributed by atoms with Gasteiger partial charge in [-0.15, -0.1) is 0 Å². The standard InChI is InChI=1S/C17H26N2/c1-12-9-10-14(11-12)17(19-18)16-8-3-2-7-15(16)13-5-4-6-13/h2-3,7-8,12-14,17,19H,4-6,9-11,18H2,1H3. The normalized spacial score (nSPS) is 29.2. The molecule has 2 fully saturated rings. The van der Waals surface area contributed by atoms with Crippen LogP contribution in [0.2, 0.25) is 0 Å². The molecule has 0 radical (unpaired) electrons. The van der Waals surface area contributed by atoms with Crippen LogP contribution in [0.4, 0.5) is 0 Å². The molecule has 3 N–H and O–H groups in total. The number of benzene rings is 1. The minimum atomic E-state index is 0.349. The summed E-state index contributed by atoms with van der Waals surface area (Å²) >= 11 is 0. The fourth-order valence-corrected chi connectivity index (χ4v) is 3.92. The Labute approximate surface area is 116 Å². The number of hydrogen-bond donors (Lipinski definition) is 2. The van der Waals surface area contributed by atoms with Gasteiger partial charge >= 0.3 is 0 Å². The topological polar surface area (TPSA) is 38.0 Å². The van der Waals surface area contributed by atoms with E-state index in [0.717, 1.165) is 11.8 Å². The zero-order valence-electron chi connectivity index (χ0n) is 11.9. The van der Waals surface area contributed by atoms with E-state index in [-0.39, 0.29) is 0 Å². The molecule has 1 aromatic carbocycles. The molecule has 2 nitrogen and oxygen atoms in total. The summed E-state index contributed by atoms with van der Waals surface area (Å²) < 4.78 is 0. The van der Waals surface area contributed by atoms with Gasteiger partial charge < -0.3 is 0 Å². The van der Waals surface area contributed by atoms with Gasteiger partial charge in [0.05, 0.1) is 0 Å². The van der Waals surface area contributed by atoms with Gasteiger partial charge in [0.1, 0.15) is 0 Å². The maximum absolute atomic E-state index is 5.91. The first-order valence-electron chi connectivity index (χ1n) is 7.84. The average Bonchev–Trinajstić information content (AvgIpc) is 2.77. The number of nitrogens with one attached hydrogen (secondary N) is 1. The van der Waals surface area contributed by atoms with Gasteiger partial charge in [-0.05, 0) is 54.6 Å². The highest BCUT2D eigenvalue weighted by Gasteiger charge is 2.32. The van der Waals surface area contributed by atoms with Crippen LogP contribution in [-0.2, 0) is 0 Å². The molecule has 2 saturated carbocycles. The summed E-state index contributed by atoms with van der Waals surface area (Å²) in [7, 11) is 0. The van der Waals surface area contributed by atoms with Crippen molar-refractivity contribution in [3.05, 3.63) is 35.4 Å². The van der Waals surface area contributed by atoms with Crippen LogP contribution in [0.15, 0.2) is 24.3 Å². The SMILES string of the molecule is CC1CCC(C(NN)c2ccccc2C2CCC2)C1. The molecule has 1 aromatic rings. The van der Waals surface area contributed by atoms with Crippen molar-refractivity contribution in [2.45, 2.75) is 57.4 Å². The Hall–Kier alpha value is -0.860. The van der Waals surface area contributed by atoms with E-state index in [1.807, 2.05) is 0 Å². The monoisotopic (exact) mass is 258 g/mol. The number of nitrogens with two attached hydrogens (primary N) is 1. The second kappa shape index (κ2) is 5.64. The molecule has 0 aromatic heterocycles. The highest BCUT2D eigenvalue weighted by atomic mass is 15.2. The summed E-state index contributed by atoms with van der Waals surface area (Å²) in [6.07, 6.45) is 8.09. The zero-order valence-corrected chi connectivity index (χ0v) is 11.9. The van der Waals surface area contributed by atoms with Crippen LogP contribution in [0, 0.1) is 11.8 Å². The van der Waals surface area contributed by atoms with E-state index in [1.54, 1.807) is 5.56 Å². The van der Waals surface area contributed by atoms with Crippen molar-refractivity contribution in [1.82, 2.24) is 5.43 Å². The van der Waals surface area contributed by atoms with Gasteiger partial charge in [0.25, 0.3) is 0 Å². The van der Waals surface area contributed by atoms with E-state index in [4.69, 9.17) is 5.84 Å². The molecule has 0 amide bonds. The fourth-order valence-electron chi connectivity index (χ4n) is 3.92. The average molecular weight is 258 g/mol.